The molecule has 0 N–H and O–H groups in total. The van der Waals surface area contributed by atoms with Gasteiger partial charge in [-0.15, -0.1) is 0 Å². The Hall–Kier alpha value is -4.13. The maximum Gasteiger partial charge on any atom is 0.328 e. The fourth-order valence-electron chi connectivity index (χ4n) is 5.17. The van der Waals surface area contributed by atoms with Crippen LogP contribution in [0.25, 0.3) is 17.0 Å². The molecule has 3 aliphatic rings. The number of anilines is 1. The molecular formula is C27H30F2N8O3. The third-order valence-corrected chi connectivity index (χ3v) is 7.31. The third-order valence-electron chi connectivity index (χ3n) is 7.31. The van der Waals surface area contributed by atoms with Crippen LogP contribution < -0.4 is 9.64 Å². The number of fused-ring (bicyclic) bond motifs is 1. The number of rotatable bonds is 6. The smallest absolute Gasteiger partial charge is 0.328 e. The molecule has 40 heavy (non-hydrogen) atoms. The van der Waals surface area contributed by atoms with Gasteiger partial charge >= 0.3 is 6.01 Å². The second kappa shape index (κ2) is 11.2. The molecule has 0 spiro atoms. The minimum atomic E-state index is -2.83. The lowest BCUT2D eigenvalue weighted by molar-refractivity contribution is -0.130. The van der Waals surface area contributed by atoms with Crippen molar-refractivity contribution in [1.29, 1.82) is 0 Å². The van der Waals surface area contributed by atoms with Crippen LogP contribution in [0.2, 0.25) is 0 Å². The Bertz CT molecular complexity index is 1460. The van der Waals surface area contributed by atoms with Gasteiger partial charge in [-0.1, -0.05) is 12.1 Å². The Kier molecular flexibility index (Phi) is 7.29. The van der Waals surface area contributed by atoms with Crippen LogP contribution in [0.3, 0.4) is 0 Å². The van der Waals surface area contributed by atoms with Gasteiger partial charge < -0.3 is 24.2 Å². The zero-order valence-corrected chi connectivity index (χ0v) is 22.2. The lowest BCUT2D eigenvalue weighted by atomic mass is 10.1. The largest absolute Gasteiger partial charge is 0.429 e. The number of carbonyl (C=O) groups excluding carboxylic acids is 1. The monoisotopic (exact) mass is 552 g/mol. The third kappa shape index (κ3) is 5.33. The van der Waals surface area contributed by atoms with Crippen molar-refractivity contribution in [2.24, 2.45) is 0 Å². The standard InChI is InChI=1S/C27H30F2N8O3/c1-18(38)34-10-12-35(13-11-34)19-6-8-20(9-7-19)40-27-32-25(36-14-16-39-17-15-36)31-26(33-27)37-22-5-3-2-4-21(22)30-24(37)23(28)29/h2-6,8,23H,7,9-17H2,1H3. The maximum absolute atomic E-state index is 14.1. The first-order valence-electron chi connectivity index (χ1n) is 13.4. The Balaban J connectivity index is 1.30. The second-order valence-electron chi connectivity index (χ2n) is 9.80. The molecule has 0 radical (unpaired) electrons. The van der Waals surface area contributed by atoms with Gasteiger partial charge in [-0.3, -0.25) is 9.36 Å². The molecule has 4 heterocycles. The predicted molar refractivity (Wildman–Crippen MR) is 142 cm³/mol. The van der Waals surface area contributed by atoms with Crippen molar-refractivity contribution in [3.05, 3.63) is 53.7 Å². The van der Waals surface area contributed by atoms with Crippen molar-refractivity contribution in [3.63, 3.8) is 0 Å². The summed E-state index contributed by atoms with van der Waals surface area (Å²) in [6, 6.07) is 6.92. The fourth-order valence-corrected chi connectivity index (χ4v) is 5.17. The quantitative estimate of drug-likeness (QED) is 0.457. The number of allylic oxidation sites excluding steroid dienone is 4. The summed E-state index contributed by atoms with van der Waals surface area (Å²) >= 11 is 0. The molecule has 0 saturated carbocycles. The van der Waals surface area contributed by atoms with Gasteiger partial charge in [0.15, 0.2) is 5.82 Å². The second-order valence-corrected chi connectivity index (χ2v) is 9.80. The molecular weight excluding hydrogens is 522 g/mol. The topological polar surface area (TPSA) is 102 Å². The number of ether oxygens (including phenoxy) is 2. The number of amides is 1. The van der Waals surface area contributed by atoms with E-state index in [0.717, 1.165) is 19.5 Å². The van der Waals surface area contributed by atoms with E-state index in [9.17, 15) is 13.6 Å². The van der Waals surface area contributed by atoms with Gasteiger partial charge in [0.2, 0.25) is 17.8 Å². The molecule has 1 aromatic carbocycles. The first-order chi connectivity index (χ1) is 19.5. The van der Waals surface area contributed by atoms with Crippen LogP contribution in [0.1, 0.15) is 32.0 Å². The highest BCUT2D eigenvalue weighted by Crippen LogP contribution is 2.29. The number of benzene rings is 1. The minimum Gasteiger partial charge on any atom is -0.429 e. The van der Waals surface area contributed by atoms with E-state index in [1.165, 1.54) is 10.3 Å². The van der Waals surface area contributed by atoms with Crippen molar-refractivity contribution in [2.75, 3.05) is 57.4 Å². The van der Waals surface area contributed by atoms with Gasteiger partial charge in [0.05, 0.1) is 24.2 Å². The van der Waals surface area contributed by atoms with Crippen LogP contribution in [0, 0.1) is 0 Å². The van der Waals surface area contributed by atoms with Crippen LogP contribution in [0.4, 0.5) is 14.7 Å². The van der Waals surface area contributed by atoms with Gasteiger partial charge in [-0.25, -0.2) is 13.8 Å². The Morgan fingerprint density at radius 2 is 1.65 bits per heavy atom. The van der Waals surface area contributed by atoms with Crippen LogP contribution in [0.5, 0.6) is 6.01 Å². The zero-order chi connectivity index (χ0) is 27.6. The van der Waals surface area contributed by atoms with Gasteiger partial charge in [-0.05, 0) is 30.7 Å². The highest BCUT2D eigenvalue weighted by atomic mass is 19.3. The lowest BCUT2D eigenvalue weighted by Gasteiger charge is -2.37. The first kappa shape index (κ1) is 26.1. The molecule has 210 valence electrons. The van der Waals surface area contributed by atoms with Crippen LogP contribution in [-0.2, 0) is 9.53 Å². The van der Waals surface area contributed by atoms with Gasteiger partial charge in [0.1, 0.15) is 5.76 Å². The van der Waals surface area contributed by atoms with E-state index in [4.69, 9.17) is 9.47 Å². The van der Waals surface area contributed by atoms with Crippen molar-refractivity contribution in [1.82, 2.24) is 34.3 Å². The number of hydrogen-bond acceptors (Lipinski definition) is 9. The van der Waals surface area contributed by atoms with Crippen molar-refractivity contribution in [3.8, 4) is 12.0 Å². The number of morpholine rings is 1. The number of para-hydroxylation sites is 2. The molecule has 3 aromatic rings. The number of nitrogens with zero attached hydrogens (tertiary/aromatic N) is 8. The molecule has 1 amide bonds. The van der Waals surface area contributed by atoms with E-state index >= 15 is 0 Å². The first-order valence-corrected chi connectivity index (χ1v) is 13.4. The van der Waals surface area contributed by atoms with Crippen molar-refractivity contribution >= 4 is 22.9 Å². The van der Waals surface area contributed by atoms with E-state index in [-0.39, 0.29) is 17.9 Å². The van der Waals surface area contributed by atoms with E-state index in [1.807, 2.05) is 22.0 Å². The molecule has 2 saturated heterocycles. The lowest BCUT2D eigenvalue weighted by Crippen LogP contribution is -2.47. The molecule has 2 fully saturated rings. The predicted octanol–water partition coefficient (Wildman–Crippen LogP) is 3.09. The van der Waals surface area contributed by atoms with E-state index in [2.05, 4.69) is 24.8 Å². The number of carbonyl (C=O) groups is 1. The Labute approximate surface area is 229 Å². The average Bonchev–Trinajstić information content (AvgIpc) is 3.38. The molecule has 0 unspecified atom stereocenters. The van der Waals surface area contributed by atoms with E-state index in [1.54, 1.807) is 31.2 Å². The number of aromatic nitrogens is 5. The SMILES string of the molecule is CC(=O)N1CCN(C2=CC=C(Oc3nc(N4CCOCC4)nc(-n4c(C(F)F)nc5ccccc54)n3)CC2)CC1. The number of halogens is 2. The van der Waals surface area contributed by atoms with Crippen molar-refractivity contribution < 1.29 is 23.0 Å². The summed E-state index contributed by atoms with van der Waals surface area (Å²) in [6.45, 7) is 6.73. The van der Waals surface area contributed by atoms with Gasteiger partial charge in [0, 0.05) is 58.3 Å². The molecule has 0 atom stereocenters. The maximum atomic E-state index is 14.1. The number of hydrogen-bond donors (Lipinski definition) is 0. The van der Waals surface area contributed by atoms with Crippen LogP contribution >= 0.6 is 0 Å². The van der Waals surface area contributed by atoms with Crippen molar-refractivity contribution in [2.45, 2.75) is 26.2 Å². The fraction of sp³-hybridized carbons (Fsp3) is 0.444. The summed E-state index contributed by atoms with van der Waals surface area (Å²) in [5.74, 6) is 0.676. The van der Waals surface area contributed by atoms with E-state index < -0.39 is 12.2 Å². The van der Waals surface area contributed by atoms with Crippen LogP contribution in [0.15, 0.2) is 47.9 Å². The number of alkyl halides is 2. The number of imidazole rings is 1. The normalized spacial score (nSPS) is 18.2. The highest BCUT2D eigenvalue weighted by Gasteiger charge is 2.26. The molecule has 0 bridgehead atoms. The molecule has 6 rings (SSSR count). The molecule has 2 aliphatic heterocycles. The Morgan fingerprint density at radius 1 is 0.900 bits per heavy atom. The summed E-state index contributed by atoms with van der Waals surface area (Å²) in [5.41, 5.74) is 2.08. The summed E-state index contributed by atoms with van der Waals surface area (Å²) < 4.78 is 41.0. The van der Waals surface area contributed by atoms with Gasteiger partial charge in [0.25, 0.3) is 6.43 Å². The average molecular weight is 553 g/mol. The van der Waals surface area contributed by atoms with Gasteiger partial charge in [-0.2, -0.15) is 15.0 Å². The Morgan fingerprint density at radius 3 is 2.35 bits per heavy atom. The number of piperazine rings is 1. The molecule has 11 nitrogen and oxygen atoms in total. The van der Waals surface area contributed by atoms with Crippen LogP contribution in [-0.4, -0.2) is 92.7 Å². The minimum absolute atomic E-state index is 0.0199. The molecule has 2 aromatic heterocycles. The molecule has 1 aliphatic carbocycles. The highest BCUT2D eigenvalue weighted by molar-refractivity contribution is 5.77. The summed E-state index contributed by atoms with van der Waals surface area (Å²) in [4.78, 5) is 35.4. The molecule has 13 heteroatoms. The summed E-state index contributed by atoms with van der Waals surface area (Å²) in [6.07, 6.45) is 2.48. The summed E-state index contributed by atoms with van der Waals surface area (Å²) in [7, 11) is 0. The zero-order valence-electron chi connectivity index (χ0n) is 22.2. The van der Waals surface area contributed by atoms with E-state index in [0.29, 0.717) is 68.6 Å². The summed E-state index contributed by atoms with van der Waals surface area (Å²) in [5, 5.41) is 0.